The molecule has 1 aromatic carbocycles. The zero-order valence-electron chi connectivity index (χ0n) is 8.50. The van der Waals surface area contributed by atoms with E-state index in [9.17, 15) is 9.59 Å². The lowest BCUT2D eigenvalue weighted by Crippen LogP contribution is -2.25. The fourth-order valence-corrected chi connectivity index (χ4v) is 1.29. The number of hydrogen-bond donors (Lipinski definition) is 1. The molecule has 4 nitrogen and oxygen atoms in total. The van der Waals surface area contributed by atoms with Crippen LogP contribution in [0.3, 0.4) is 0 Å². The summed E-state index contributed by atoms with van der Waals surface area (Å²) in [5.74, 6) is 0.658. The third-order valence-electron chi connectivity index (χ3n) is 1.61. The Morgan fingerprint density at radius 1 is 1.47 bits per heavy atom. The van der Waals surface area contributed by atoms with Gasteiger partial charge in [0.15, 0.2) is 6.61 Å². The fraction of sp³-hybridized carbons (Fsp3) is 0.0909. The van der Waals surface area contributed by atoms with Crippen molar-refractivity contribution in [2.45, 2.75) is 0 Å². The molecule has 0 aliphatic heterocycles. The molecule has 0 fully saturated rings. The van der Waals surface area contributed by atoms with Gasteiger partial charge in [-0.15, -0.1) is 0 Å². The number of nitrogens with one attached hydrogen (secondary N) is 1. The Balaban J connectivity index is 2.53. The van der Waals surface area contributed by atoms with E-state index in [0.29, 0.717) is 10.7 Å². The lowest BCUT2D eigenvalue weighted by atomic mass is 10.3. The van der Waals surface area contributed by atoms with Gasteiger partial charge in [0, 0.05) is 33.3 Å². The third-order valence-corrected chi connectivity index (χ3v) is 2.23. The number of amides is 1. The molecule has 1 rings (SSSR count). The average Bonchev–Trinajstić information content (AvgIpc) is 2.29. The summed E-state index contributed by atoms with van der Waals surface area (Å²) in [6.45, 7) is -0.106. The minimum atomic E-state index is -0.982. The van der Waals surface area contributed by atoms with E-state index in [0.717, 1.165) is 0 Å². The van der Waals surface area contributed by atoms with Crippen LogP contribution in [0.4, 0.5) is 5.69 Å². The molecule has 0 saturated heterocycles. The van der Waals surface area contributed by atoms with Gasteiger partial charge in [-0.1, -0.05) is 23.6 Å². The van der Waals surface area contributed by atoms with Gasteiger partial charge < -0.3 is 10.1 Å². The number of anilines is 1. The minimum Gasteiger partial charge on any atom is -0.445 e. The highest BCUT2D eigenvalue weighted by molar-refractivity contribution is 14.1. The quantitative estimate of drug-likeness (QED) is 0.379. The van der Waals surface area contributed by atoms with E-state index in [1.54, 1.807) is 40.8 Å². The molecule has 0 aromatic heterocycles. The monoisotopic (exact) mass is 363 g/mol. The molecule has 88 valence electrons. The van der Waals surface area contributed by atoms with Crippen molar-refractivity contribution in [3.05, 3.63) is 29.3 Å². The molecule has 1 N–H and O–H groups in total. The number of benzene rings is 1. The summed E-state index contributed by atoms with van der Waals surface area (Å²) in [5.41, 5.74) is 0.430. The number of esters is 1. The molecular weight excluding hydrogens is 356 g/mol. The molecule has 1 aromatic rings. The molecule has 0 saturated carbocycles. The molecule has 0 radical (unpaired) electrons. The van der Waals surface area contributed by atoms with Crippen molar-refractivity contribution in [2.75, 3.05) is 11.9 Å². The van der Waals surface area contributed by atoms with Crippen LogP contribution in [0.1, 0.15) is 0 Å². The predicted octanol–water partition coefficient (Wildman–Crippen LogP) is 2.22. The Hall–Kier alpha value is -1.26. The number of carbonyl (C=O) groups is 2. The highest BCUT2D eigenvalue weighted by Gasteiger charge is 2.14. The maximum absolute atomic E-state index is 11.3. The van der Waals surface area contributed by atoms with Crippen LogP contribution in [-0.4, -0.2) is 18.5 Å². The molecule has 0 unspecified atom stereocenters. The largest absolute Gasteiger partial charge is 0.445 e. The maximum atomic E-state index is 11.3. The Bertz CT molecular complexity index is 493. The first-order valence-electron chi connectivity index (χ1n) is 4.45. The van der Waals surface area contributed by atoms with Crippen LogP contribution in [0, 0.1) is 9.85 Å². The van der Waals surface area contributed by atoms with Crippen LogP contribution in [0.25, 0.3) is 0 Å². The predicted molar refractivity (Wildman–Crippen MR) is 72.8 cm³/mol. The van der Waals surface area contributed by atoms with Crippen molar-refractivity contribution in [1.29, 1.82) is 0 Å². The molecule has 0 heterocycles. The lowest BCUT2D eigenvalue weighted by Gasteiger charge is -2.04. The summed E-state index contributed by atoms with van der Waals surface area (Å²) >= 11 is 7.53. The number of halogens is 2. The molecule has 0 atom stereocenters. The smallest absolute Gasteiger partial charge is 0.398 e. The second-order valence-corrected chi connectivity index (χ2v) is 3.79. The highest BCUT2D eigenvalue weighted by atomic mass is 127. The third kappa shape index (κ3) is 5.06. The van der Waals surface area contributed by atoms with Gasteiger partial charge in [-0.3, -0.25) is 4.79 Å². The molecule has 6 heteroatoms. The van der Waals surface area contributed by atoms with Crippen molar-refractivity contribution >= 4 is 51.8 Å². The van der Waals surface area contributed by atoms with Crippen molar-refractivity contribution < 1.29 is 14.3 Å². The maximum Gasteiger partial charge on any atom is 0.398 e. The van der Waals surface area contributed by atoms with E-state index in [1.165, 1.54) is 6.07 Å². The summed E-state index contributed by atoms with van der Waals surface area (Å²) in [5, 5.41) is 2.83. The Labute approximate surface area is 117 Å². The standard InChI is InChI=1S/C11H7ClINO3/c12-8-3-1-4-9(7-8)14-10(15)11(16)17-6-2-5-13/h1,3-4,7H,6H2,(H,14,15). The Morgan fingerprint density at radius 3 is 2.88 bits per heavy atom. The van der Waals surface area contributed by atoms with Crippen LogP contribution < -0.4 is 5.32 Å². The lowest BCUT2D eigenvalue weighted by molar-refractivity contribution is -0.151. The van der Waals surface area contributed by atoms with Crippen LogP contribution >= 0.6 is 34.2 Å². The van der Waals surface area contributed by atoms with E-state index in [4.69, 9.17) is 11.6 Å². The van der Waals surface area contributed by atoms with Gasteiger partial charge in [0.1, 0.15) is 0 Å². The topological polar surface area (TPSA) is 55.4 Å². The zero-order valence-corrected chi connectivity index (χ0v) is 11.4. The molecule has 0 aliphatic rings. The van der Waals surface area contributed by atoms with Crippen LogP contribution in [0.15, 0.2) is 24.3 Å². The Morgan fingerprint density at radius 2 is 2.24 bits per heavy atom. The van der Waals surface area contributed by atoms with E-state index in [-0.39, 0.29) is 6.61 Å². The van der Waals surface area contributed by atoms with Crippen LogP contribution in [0.2, 0.25) is 5.02 Å². The summed E-state index contributed by atoms with van der Waals surface area (Å²) in [4.78, 5) is 22.5. The van der Waals surface area contributed by atoms with Gasteiger partial charge in [-0.25, -0.2) is 4.79 Å². The molecule has 1 amide bonds. The van der Waals surface area contributed by atoms with Crippen LogP contribution in [-0.2, 0) is 14.3 Å². The number of rotatable bonds is 2. The Kier molecular flexibility index (Phi) is 5.80. The van der Waals surface area contributed by atoms with Gasteiger partial charge in [0.2, 0.25) is 0 Å². The van der Waals surface area contributed by atoms with Gasteiger partial charge >= 0.3 is 11.9 Å². The average molecular weight is 364 g/mol. The molecule has 0 bridgehead atoms. The first-order chi connectivity index (χ1) is 8.13. The van der Waals surface area contributed by atoms with Gasteiger partial charge in [-0.05, 0) is 22.1 Å². The van der Waals surface area contributed by atoms with E-state index in [2.05, 4.69) is 19.9 Å². The first kappa shape index (κ1) is 13.8. The zero-order chi connectivity index (χ0) is 12.7. The van der Waals surface area contributed by atoms with E-state index in [1.807, 2.05) is 0 Å². The normalized spacial score (nSPS) is 8.82. The van der Waals surface area contributed by atoms with E-state index < -0.39 is 11.9 Å². The van der Waals surface area contributed by atoms with Gasteiger partial charge in [0.05, 0.1) is 0 Å². The molecular formula is C11H7ClINO3. The SMILES string of the molecule is O=C(Nc1cccc(Cl)c1)C(=O)OCC#CI. The molecule has 0 aliphatic carbocycles. The first-order valence-corrected chi connectivity index (χ1v) is 5.91. The second-order valence-electron chi connectivity index (χ2n) is 2.81. The van der Waals surface area contributed by atoms with E-state index >= 15 is 0 Å². The summed E-state index contributed by atoms with van der Waals surface area (Å²) in [6.07, 6.45) is 0. The minimum absolute atomic E-state index is 0.106. The summed E-state index contributed by atoms with van der Waals surface area (Å²) in [7, 11) is 0. The van der Waals surface area contributed by atoms with Crippen molar-refractivity contribution in [1.82, 2.24) is 0 Å². The summed E-state index contributed by atoms with van der Waals surface area (Å²) in [6, 6.07) is 6.45. The fourth-order valence-electron chi connectivity index (χ4n) is 0.943. The van der Waals surface area contributed by atoms with Crippen LogP contribution in [0.5, 0.6) is 0 Å². The van der Waals surface area contributed by atoms with Gasteiger partial charge in [-0.2, -0.15) is 0 Å². The molecule has 17 heavy (non-hydrogen) atoms. The second kappa shape index (κ2) is 7.14. The van der Waals surface area contributed by atoms with Crippen molar-refractivity contribution in [2.24, 2.45) is 0 Å². The van der Waals surface area contributed by atoms with Gasteiger partial charge in [0.25, 0.3) is 0 Å². The van der Waals surface area contributed by atoms with Crippen molar-refractivity contribution in [3.63, 3.8) is 0 Å². The highest BCUT2D eigenvalue weighted by Crippen LogP contribution is 2.14. The number of hydrogen-bond acceptors (Lipinski definition) is 3. The summed E-state index contributed by atoms with van der Waals surface area (Å²) < 4.78 is 7.10. The van der Waals surface area contributed by atoms with Crippen molar-refractivity contribution in [3.8, 4) is 9.85 Å². The molecule has 0 spiro atoms. The number of ether oxygens (including phenoxy) is 1. The number of carbonyl (C=O) groups excluding carboxylic acids is 2.